The Balaban J connectivity index is 1.91. The first-order chi connectivity index (χ1) is 17.7. The molecular weight excluding hydrogens is 524 g/mol. The molecule has 214 valence electrons. The topological polar surface area (TPSA) is 102 Å². The lowest BCUT2D eigenvalue weighted by molar-refractivity contribution is -0.281. The van der Waals surface area contributed by atoms with Crippen LogP contribution in [0.3, 0.4) is 0 Å². The molecule has 1 aromatic rings. The van der Waals surface area contributed by atoms with Gasteiger partial charge in [-0.3, -0.25) is 0 Å². The van der Waals surface area contributed by atoms with Gasteiger partial charge in [0.05, 0.1) is 39.0 Å². The normalized spacial score (nSPS) is 29.5. The second-order valence-corrected chi connectivity index (χ2v) is 20.7. The van der Waals surface area contributed by atoms with Gasteiger partial charge in [-0.05, 0) is 58.7 Å². The van der Waals surface area contributed by atoms with Crippen LogP contribution in [0.5, 0.6) is 0 Å². The van der Waals surface area contributed by atoms with Crippen molar-refractivity contribution >= 4 is 28.6 Å². The van der Waals surface area contributed by atoms with Crippen molar-refractivity contribution in [2.45, 2.75) is 102 Å². The number of carbonyl (C=O) groups is 2. The van der Waals surface area contributed by atoms with Gasteiger partial charge in [-0.1, -0.05) is 30.3 Å². The van der Waals surface area contributed by atoms with Crippen molar-refractivity contribution in [3.8, 4) is 0 Å². The molecule has 0 radical (unpaired) electrons. The summed E-state index contributed by atoms with van der Waals surface area (Å²) in [5.74, 6) is -3.02. The summed E-state index contributed by atoms with van der Waals surface area (Å²) < 4.78 is 42.3. The summed E-state index contributed by atoms with van der Waals surface area (Å²) in [5.41, 5.74) is -0.384. The fourth-order valence-corrected chi connectivity index (χ4v) is 7.45. The van der Waals surface area contributed by atoms with E-state index in [9.17, 15) is 9.59 Å². The molecular formula is C27H44O9Si2. The van der Waals surface area contributed by atoms with E-state index in [0.29, 0.717) is 13.2 Å². The quantitative estimate of drug-likeness (QED) is 0.194. The number of hydrogen-bond donors (Lipinski definition) is 0. The van der Waals surface area contributed by atoms with Crippen molar-refractivity contribution in [3.05, 3.63) is 35.9 Å². The molecule has 2 fully saturated rings. The zero-order valence-corrected chi connectivity index (χ0v) is 26.0. The van der Waals surface area contributed by atoms with Crippen molar-refractivity contribution in [2.24, 2.45) is 0 Å². The molecule has 0 N–H and O–H groups in total. The Morgan fingerprint density at radius 2 is 1.53 bits per heavy atom. The molecule has 3 rings (SSSR count). The predicted octanol–water partition coefficient (Wildman–Crippen LogP) is 4.41. The van der Waals surface area contributed by atoms with Crippen LogP contribution in [-0.4, -0.2) is 78.1 Å². The number of epoxide rings is 1. The minimum absolute atomic E-state index is 0.140. The van der Waals surface area contributed by atoms with E-state index in [1.54, 1.807) is 13.8 Å². The number of esters is 2. The predicted molar refractivity (Wildman–Crippen MR) is 146 cm³/mol. The van der Waals surface area contributed by atoms with E-state index in [4.69, 9.17) is 32.5 Å². The van der Waals surface area contributed by atoms with Gasteiger partial charge in [0.25, 0.3) is 5.79 Å². The van der Waals surface area contributed by atoms with Crippen LogP contribution < -0.4 is 0 Å². The monoisotopic (exact) mass is 568 g/mol. The molecule has 0 unspecified atom stereocenters. The second kappa shape index (κ2) is 12.3. The van der Waals surface area contributed by atoms with Crippen LogP contribution in [0.15, 0.2) is 30.3 Å². The zero-order chi connectivity index (χ0) is 28.2. The van der Waals surface area contributed by atoms with Crippen LogP contribution in [0.4, 0.5) is 0 Å². The molecule has 0 aromatic heterocycles. The van der Waals surface area contributed by atoms with Gasteiger partial charge in [0.1, 0.15) is 12.2 Å². The Labute approximate surface area is 228 Å². The third-order valence-corrected chi connectivity index (χ3v) is 7.92. The highest BCUT2D eigenvalue weighted by atomic mass is 28.4. The van der Waals surface area contributed by atoms with E-state index in [0.717, 1.165) is 5.56 Å². The second-order valence-electron chi connectivity index (χ2n) is 11.8. The van der Waals surface area contributed by atoms with E-state index in [1.807, 2.05) is 69.6 Å². The van der Waals surface area contributed by atoms with E-state index in [2.05, 4.69) is 0 Å². The van der Waals surface area contributed by atoms with Gasteiger partial charge in [0.2, 0.25) is 0 Å². The van der Waals surface area contributed by atoms with Crippen LogP contribution in [-0.2, 0) is 48.7 Å². The summed E-state index contributed by atoms with van der Waals surface area (Å²) in [6.07, 6.45) is -1.29. The highest BCUT2D eigenvalue weighted by Crippen LogP contribution is 2.47. The van der Waals surface area contributed by atoms with Crippen LogP contribution in [0.2, 0.25) is 39.3 Å². The maximum absolute atomic E-state index is 13.6. The van der Waals surface area contributed by atoms with Gasteiger partial charge in [0.15, 0.2) is 22.2 Å². The molecule has 9 nitrogen and oxygen atoms in total. The number of ether oxygens (including phenoxy) is 5. The van der Waals surface area contributed by atoms with Crippen LogP contribution in [0.25, 0.3) is 0 Å². The molecule has 2 aliphatic rings. The third-order valence-electron chi connectivity index (χ3n) is 5.98. The van der Waals surface area contributed by atoms with Gasteiger partial charge in [0, 0.05) is 6.42 Å². The molecule has 2 saturated heterocycles. The first-order valence-electron chi connectivity index (χ1n) is 13.4. The molecule has 2 heterocycles. The molecule has 5 atom stereocenters. The average Bonchev–Trinajstić information content (AvgIpc) is 3.57. The Morgan fingerprint density at radius 3 is 2.11 bits per heavy atom. The van der Waals surface area contributed by atoms with Gasteiger partial charge < -0.3 is 32.5 Å². The molecule has 2 aliphatic heterocycles. The SMILES string of the molecule is CCOC(=O)[C@]1(O[Si](C)(C)C)C[C@H]([C@@H]2O[C@H]2COCc2ccccc2)O[C@@](O[Si](C)(C)C)(C(=O)OCC)C1. The number of benzene rings is 1. The summed E-state index contributed by atoms with van der Waals surface area (Å²) >= 11 is 0. The molecule has 1 aromatic carbocycles. The summed E-state index contributed by atoms with van der Waals surface area (Å²) in [7, 11) is -4.71. The van der Waals surface area contributed by atoms with Crippen molar-refractivity contribution < 1.29 is 42.1 Å². The molecule has 0 spiro atoms. The summed E-state index contributed by atoms with van der Waals surface area (Å²) in [5, 5.41) is 0. The summed E-state index contributed by atoms with van der Waals surface area (Å²) in [6.45, 7) is 16.5. The standard InChI is InChI=1S/C27H44O9Si2/c1-9-31-24(28)26(35-37(3,4)5)16-21(23-22(33-23)18-30-17-20-14-12-11-13-15-20)34-27(19-26,25(29)32-10-2)36-38(6,7)8/h11-15,21-23H,9-10,16-19H2,1-8H3/t21-,22+,23+,26+,27+/m1/s1. The van der Waals surface area contributed by atoms with Crippen LogP contribution >= 0.6 is 0 Å². The zero-order valence-electron chi connectivity index (χ0n) is 24.0. The maximum atomic E-state index is 13.6. The highest BCUT2D eigenvalue weighted by molar-refractivity contribution is 6.70. The lowest BCUT2D eigenvalue weighted by atomic mass is 9.83. The minimum atomic E-state index is -2.39. The molecule has 38 heavy (non-hydrogen) atoms. The lowest BCUT2D eigenvalue weighted by Gasteiger charge is -2.50. The highest BCUT2D eigenvalue weighted by Gasteiger charge is 2.65. The first-order valence-corrected chi connectivity index (χ1v) is 20.2. The average molecular weight is 569 g/mol. The molecule has 0 bridgehead atoms. The lowest BCUT2D eigenvalue weighted by Crippen LogP contribution is -2.66. The van der Waals surface area contributed by atoms with E-state index in [1.165, 1.54) is 0 Å². The largest absolute Gasteiger partial charge is 0.464 e. The van der Waals surface area contributed by atoms with Gasteiger partial charge in [-0.25, -0.2) is 9.59 Å². The third kappa shape index (κ3) is 8.20. The van der Waals surface area contributed by atoms with Gasteiger partial charge in [-0.15, -0.1) is 0 Å². The van der Waals surface area contributed by atoms with Gasteiger partial charge >= 0.3 is 11.9 Å². The van der Waals surface area contributed by atoms with Crippen molar-refractivity contribution in [3.63, 3.8) is 0 Å². The maximum Gasteiger partial charge on any atom is 0.366 e. The van der Waals surface area contributed by atoms with Crippen LogP contribution in [0, 0.1) is 0 Å². The van der Waals surface area contributed by atoms with Crippen molar-refractivity contribution in [1.29, 1.82) is 0 Å². The Bertz CT molecular complexity index is 900. The summed E-state index contributed by atoms with van der Waals surface area (Å²) in [4.78, 5) is 27.1. The van der Waals surface area contributed by atoms with Crippen molar-refractivity contribution in [1.82, 2.24) is 0 Å². The van der Waals surface area contributed by atoms with E-state index in [-0.39, 0.29) is 32.2 Å². The fraction of sp³-hybridized carbons (Fsp3) is 0.704. The molecule has 0 amide bonds. The molecule has 11 heteroatoms. The van der Waals surface area contributed by atoms with E-state index < -0.39 is 52.2 Å². The summed E-state index contributed by atoms with van der Waals surface area (Å²) in [6, 6.07) is 9.88. The smallest absolute Gasteiger partial charge is 0.366 e. The van der Waals surface area contributed by atoms with Crippen molar-refractivity contribution in [2.75, 3.05) is 19.8 Å². The van der Waals surface area contributed by atoms with Crippen LogP contribution in [0.1, 0.15) is 32.3 Å². The molecule has 0 saturated carbocycles. The minimum Gasteiger partial charge on any atom is -0.464 e. The van der Waals surface area contributed by atoms with Gasteiger partial charge in [-0.2, -0.15) is 0 Å². The Hall–Kier alpha value is -1.61. The molecule has 0 aliphatic carbocycles. The van der Waals surface area contributed by atoms with E-state index >= 15 is 0 Å². The Kier molecular flexibility index (Phi) is 9.99. The Morgan fingerprint density at radius 1 is 0.921 bits per heavy atom. The number of carbonyl (C=O) groups excluding carboxylic acids is 2. The fourth-order valence-electron chi connectivity index (χ4n) is 4.85. The number of hydrogen-bond acceptors (Lipinski definition) is 9. The first kappa shape index (κ1) is 30.9. The number of rotatable bonds is 13.